The molecule has 5 heteroatoms. The van der Waals surface area contributed by atoms with Crippen molar-refractivity contribution < 1.29 is 9.90 Å². The van der Waals surface area contributed by atoms with Gasteiger partial charge in [-0.1, -0.05) is 20.8 Å². The largest absolute Gasteiger partial charge is 0.480 e. The van der Waals surface area contributed by atoms with Crippen molar-refractivity contribution in [3.8, 4) is 0 Å². The van der Waals surface area contributed by atoms with E-state index in [9.17, 15) is 4.79 Å². The number of nitrogens with one attached hydrogen (secondary N) is 1. The number of hydrogen-bond donors (Lipinski definition) is 2. The Morgan fingerprint density at radius 1 is 1.47 bits per heavy atom. The molecule has 0 fully saturated rings. The smallest absolute Gasteiger partial charge is 0.326 e. The van der Waals surface area contributed by atoms with E-state index >= 15 is 0 Å². The highest BCUT2D eigenvalue weighted by Crippen LogP contribution is 2.12. The summed E-state index contributed by atoms with van der Waals surface area (Å²) in [4.78, 5) is 19.6. The number of aromatic nitrogens is 2. The molecule has 0 bridgehead atoms. The highest BCUT2D eigenvalue weighted by molar-refractivity contribution is 5.77. The van der Waals surface area contributed by atoms with Gasteiger partial charge in [-0.05, 0) is 12.8 Å². The number of anilines is 1. The lowest BCUT2D eigenvalue weighted by atomic mass is 10.1. The summed E-state index contributed by atoms with van der Waals surface area (Å²) in [6, 6.07) is 1.13. The van der Waals surface area contributed by atoms with Crippen molar-refractivity contribution in [2.24, 2.45) is 5.92 Å². The molecule has 0 aliphatic heterocycles. The van der Waals surface area contributed by atoms with Crippen molar-refractivity contribution >= 4 is 11.8 Å². The highest BCUT2D eigenvalue weighted by Gasteiger charge is 2.21. The first-order chi connectivity index (χ1) is 7.93. The molecule has 0 radical (unpaired) electrons. The minimum absolute atomic E-state index is 0.00662. The van der Waals surface area contributed by atoms with Gasteiger partial charge in [0, 0.05) is 18.2 Å². The summed E-state index contributed by atoms with van der Waals surface area (Å²) in [6.45, 7) is 7.56. The normalized spacial score (nSPS) is 12.5. The minimum atomic E-state index is -0.866. The van der Waals surface area contributed by atoms with E-state index in [0.29, 0.717) is 5.82 Å². The zero-order valence-electron chi connectivity index (χ0n) is 10.7. The van der Waals surface area contributed by atoms with E-state index in [-0.39, 0.29) is 5.92 Å². The number of rotatable bonds is 5. The van der Waals surface area contributed by atoms with Gasteiger partial charge in [0.1, 0.15) is 17.7 Å². The van der Waals surface area contributed by atoms with Gasteiger partial charge in [-0.2, -0.15) is 0 Å². The van der Waals surface area contributed by atoms with Crippen LogP contribution in [0.25, 0.3) is 0 Å². The Kier molecular flexibility index (Phi) is 4.43. The summed E-state index contributed by atoms with van der Waals surface area (Å²) >= 11 is 0. The second kappa shape index (κ2) is 5.61. The number of hydrogen-bond acceptors (Lipinski definition) is 4. The molecule has 2 N–H and O–H groups in total. The molecule has 17 heavy (non-hydrogen) atoms. The predicted octanol–water partition coefficient (Wildman–Crippen LogP) is 1.87. The van der Waals surface area contributed by atoms with Gasteiger partial charge in [-0.3, -0.25) is 0 Å². The quantitative estimate of drug-likeness (QED) is 0.817. The lowest BCUT2D eigenvalue weighted by molar-refractivity contribution is -0.138. The molecule has 0 saturated heterocycles. The summed E-state index contributed by atoms with van der Waals surface area (Å²) in [7, 11) is 0. The topological polar surface area (TPSA) is 75.1 Å². The predicted molar refractivity (Wildman–Crippen MR) is 66.0 cm³/mol. The van der Waals surface area contributed by atoms with E-state index < -0.39 is 12.0 Å². The van der Waals surface area contributed by atoms with E-state index in [0.717, 1.165) is 17.9 Å². The van der Waals surface area contributed by atoms with Crippen molar-refractivity contribution in [2.75, 3.05) is 5.32 Å². The van der Waals surface area contributed by atoms with Crippen molar-refractivity contribution in [3.05, 3.63) is 17.6 Å². The molecule has 1 rings (SSSR count). The van der Waals surface area contributed by atoms with Crippen molar-refractivity contribution in [2.45, 2.75) is 40.2 Å². The Bertz CT molecular complexity index is 405. The standard InChI is InChI=1S/C12H19N3O2/c1-5-9-13-8(4)6-10(14-9)15-11(7(2)3)12(16)17/h6-7,11H,5H2,1-4H3,(H,16,17)(H,13,14,15)/t11-/m1/s1. The molecule has 1 aromatic heterocycles. The van der Waals surface area contributed by atoms with Crippen molar-refractivity contribution in [1.29, 1.82) is 0 Å². The van der Waals surface area contributed by atoms with Gasteiger partial charge in [-0.15, -0.1) is 0 Å². The third kappa shape index (κ3) is 3.69. The Hall–Kier alpha value is -1.65. The third-order valence-electron chi connectivity index (χ3n) is 2.45. The van der Waals surface area contributed by atoms with Crippen LogP contribution in [0.1, 0.15) is 32.3 Å². The van der Waals surface area contributed by atoms with E-state index in [1.165, 1.54) is 0 Å². The molecule has 0 spiro atoms. The van der Waals surface area contributed by atoms with Gasteiger partial charge in [0.05, 0.1) is 0 Å². The lowest BCUT2D eigenvalue weighted by Crippen LogP contribution is -2.34. The molecule has 0 amide bonds. The van der Waals surface area contributed by atoms with Crippen LogP contribution in [-0.4, -0.2) is 27.1 Å². The number of aliphatic carboxylic acids is 1. The fourth-order valence-electron chi connectivity index (χ4n) is 1.53. The molecule has 1 atom stereocenters. The van der Waals surface area contributed by atoms with E-state index in [1.54, 1.807) is 6.07 Å². The van der Waals surface area contributed by atoms with Crippen molar-refractivity contribution in [1.82, 2.24) is 9.97 Å². The molecular weight excluding hydrogens is 218 g/mol. The molecular formula is C12H19N3O2. The van der Waals surface area contributed by atoms with Crippen LogP contribution in [0.15, 0.2) is 6.07 Å². The Morgan fingerprint density at radius 2 is 2.12 bits per heavy atom. The van der Waals surface area contributed by atoms with E-state index in [4.69, 9.17) is 5.11 Å². The number of carboxylic acids is 1. The van der Waals surface area contributed by atoms with Crippen LogP contribution in [0.5, 0.6) is 0 Å². The molecule has 5 nitrogen and oxygen atoms in total. The third-order valence-corrected chi connectivity index (χ3v) is 2.45. The van der Waals surface area contributed by atoms with Crippen LogP contribution >= 0.6 is 0 Å². The van der Waals surface area contributed by atoms with Gasteiger partial charge < -0.3 is 10.4 Å². The average molecular weight is 237 g/mol. The molecule has 1 heterocycles. The maximum atomic E-state index is 11.1. The molecule has 1 aromatic rings. The van der Waals surface area contributed by atoms with Crippen molar-refractivity contribution in [3.63, 3.8) is 0 Å². The Balaban J connectivity index is 2.93. The van der Waals surface area contributed by atoms with Crippen LogP contribution in [0, 0.1) is 12.8 Å². The van der Waals surface area contributed by atoms with Crippen LogP contribution < -0.4 is 5.32 Å². The van der Waals surface area contributed by atoms with Crippen LogP contribution in [0.2, 0.25) is 0 Å². The molecule has 0 aliphatic rings. The molecule has 0 saturated carbocycles. The highest BCUT2D eigenvalue weighted by atomic mass is 16.4. The van der Waals surface area contributed by atoms with Gasteiger partial charge in [-0.25, -0.2) is 14.8 Å². The van der Waals surface area contributed by atoms with Gasteiger partial charge in [0.2, 0.25) is 0 Å². The zero-order chi connectivity index (χ0) is 13.0. The van der Waals surface area contributed by atoms with Crippen LogP contribution in [0.3, 0.4) is 0 Å². The number of nitrogens with zero attached hydrogens (tertiary/aromatic N) is 2. The van der Waals surface area contributed by atoms with Gasteiger partial charge >= 0.3 is 5.97 Å². The molecule has 94 valence electrons. The fraction of sp³-hybridized carbons (Fsp3) is 0.583. The zero-order valence-corrected chi connectivity index (χ0v) is 10.7. The Labute approximate surface area is 101 Å². The maximum absolute atomic E-state index is 11.1. The first-order valence-electron chi connectivity index (χ1n) is 5.78. The summed E-state index contributed by atoms with van der Waals surface area (Å²) in [5, 5.41) is 12.0. The molecule has 0 aromatic carbocycles. The second-order valence-corrected chi connectivity index (χ2v) is 4.37. The van der Waals surface area contributed by atoms with Gasteiger partial charge in [0.15, 0.2) is 0 Å². The number of carbonyl (C=O) groups is 1. The number of carboxylic acid groups (broad SMARTS) is 1. The van der Waals surface area contributed by atoms with E-state index in [2.05, 4.69) is 15.3 Å². The number of aryl methyl sites for hydroxylation is 2. The first kappa shape index (κ1) is 13.4. The van der Waals surface area contributed by atoms with Crippen LogP contribution in [0.4, 0.5) is 5.82 Å². The average Bonchev–Trinajstić information content (AvgIpc) is 2.24. The summed E-state index contributed by atoms with van der Waals surface area (Å²) < 4.78 is 0. The van der Waals surface area contributed by atoms with Gasteiger partial charge in [0.25, 0.3) is 0 Å². The summed E-state index contributed by atoms with van der Waals surface area (Å²) in [5.74, 6) is 0.429. The maximum Gasteiger partial charge on any atom is 0.326 e. The summed E-state index contributed by atoms with van der Waals surface area (Å²) in [5.41, 5.74) is 0.840. The molecule has 0 aliphatic carbocycles. The first-order valence-corrected chi connectivity index (χ1v) is 5.78. The molecule has 0 unspecified atom stereocenters. The van der Waals surface area contributed by atoms with E-state index in [1.807, 2.05) is 27.7 Å². The SMILES string of the molecule is CCc1nc(C)cc(N[C@@H](C(=O)O)C(C)C)n1. The minimum Gasteiger partial charge on any atom is -0.480 e. The van der Waals surface area contributed by atoms with Crippen LogP contribution in [-0.2, 0) is 11.2 Å². The fourth-order valence-corrected chi connectivity index (χ4v) is 1.53. The summed E-state index contributed by atoms with van der Waals surface area (Å²) in [6.07, 6.45) is 0.732. The monoisotopic (exact) mass is 237 g/mol. The Morgan fingerprint density at radius 3 is 2.59 bits per heavy atom. The second-order valence-electron chi connectivity index (χ2n) is 4.37. The lowest BCUT2D eigenvalue weighted by Gasteiger charge is -2.18.